The van der Waals surface area contributed by atoms with Gasteiger partial charge < -0.3 is 0 Å². The Bertz CT molecular complexity index is 764. The lowest BCUT2D eigenvalue weighted by molar-refractivity contribution is -0.136. The molecule has 2 fully saturated rings. The lowest BCUT2D eigenvalue weighted by atomic mass is 9.91. The van der Waals surface area contributed by atoms with Crippen LogP contribution >= 0.6 is 0 Å². The monoisotopic (exact) mass is 326 g/mol. The first-order chi connectivity index (χ1) is 11.6. The van der Waals surface area contributed by atoms with E-state index in [2.05, 4.69) is 5.32 Å². The van der Waals surface area contributed by atoms with Crippen molar-refractivity contribution in [1.29, 1.82) is 0 Å². The molecule has 2 heterocycles. The highest BCUT2D eigenvalue weighted by Crippen LogP contribution is 2.39. The summed E-state index contributed by atoms with van der Waals surface area (Å²) in [4.78, 5) is 50.2. The molecular weight excluding hydrogens is 308 g/mol. The lowest BCUT2D eigenvalue weighted by Crippen LogP contribution is -2.54. The maximum absolute atomic E-state index is 13.0. The first-order valence-corrected chi connectivity index (χ1v) is 8.42. The second kappa shape index (κ2) is 5.54. The first-order valence-electron chi connectivity index (χ1n) is 8.42. The highest BCUT2D eigenvalue weighted by Gasteiger charge is 2.46. The van der Waals surface area contributed by atoms with Crippen LogP contribution in [-0.4, -0.2) is 34.6 Å². The maximum atomic E-state index is 13.0. The molecule has 6 nitrogen and oxygen atoms in total. The van der Waals surface area contributed by atoms with E-state index in [1.807, 2.05) is 12.1 Å². The number of hydrogen-bond donors (Lipinski definition) is 1. The number of hydrogen-bond acceptors (Lipinski definition) is 4. The molecule has 1 unspecified atom stereocenters. The molecule has 0 bridgehead atoms. The number of carbonyl (C=O) groups is 4. The van der Waals surface area contributed by atoms with Crippen LogP contribution < -0.4 is 5.32 Å². The minimum Gasteiger partial charge on any atom is -0.295 e. The molecule has 0 aromatic heterocycles. The van der Waals surface area contributed by atoms with E-state index >= 15 is 0 Å². The van der Waals surface area contributed by atoms with Crippen molar-refractivity contribution in [3.8, 4) is 0 Å². The number of imide groups is 2. The van der Waals surface area contributed by atoms with Gasteiger partial charge >= 0.3 is 0 Å². The van der Waals surface area contributed by atoms with Crippen molar-refractivity contribution in [3.63, 3.8) is 0 Å². The molecule has 6 heteroatoms. The van der Waals surface area contributed by atoms with Crippen molar-refractivity contribution >= 4 is 23.6 Å². The highest BCUT2D eigenvalue weighted by molar-refractivity contribution is 6.24. The number of piperidine rings is 1. The van der Waals surface area contributed by atoms with E-state index in [-0.39, 0.29) is 18.7 Å². The average molecular weight is 326 g/mol. The normalized spacial score (nSPS) is 24.5. The Morgan fingerprint density at radius 3 is 2.42 bits per heavy atom. The molecule has 1 atom stereocenters. The minimum atomic E-state index is -0.897. The lowest BCUT2D eigenvalue weighted by Gasteiger charge is -2.28. The molecule has 1 saturated heterocycles. The van der Waals surface area contributed by atoms with Crippen LogP contribution in [0.3, 0.4) is 0 Å². The molecule has 24 heavy (non-hydrogen) atoms. The standard InChI is InChI=1S/C18H18N2O4/c21-14-9-8-13(16(22)19-14)20-17(23)12-7-3-6-11(15(12)18(20)24)10-4-1-2-5-10/h3,6-7,10,13H,1-2,4-5,8-9H2,(H,19,21,22). The Morgan fingerprint density at radius 1 is 0.958 bits per heavy atom. The molecule has 1 aliphatic carbocycles. The Labute approximate surface area is 139 Å². The fourth-order valence-corrected chi connectivity index (χ4v) is 4.12. The molecule has 4 amide bonds. The van der Waals surface area contributed by atoms with Gasteiger partial charge in [0.2, 0.25) is 11.8 Å². The molecule has 4 rings (SSSR count). The van der Waals surface area contributed by atoms with Crippen LogP contribution in [0.1, 0.15) is 70.7 Å². The van der Waals surface area contributed by atoms with Crippen LogP contribution in [0, 0.1) is 0 Å². The Kier molecular flexibility index (Phi) is 3.48. The summed E-state index contributed by atoms with van der Waals surface area (Å²) in [7, 11) is 0. The van der Waals surface area contributed by atoms with Crippen LogP contribution in [0.25, 0.3) is 0 Å². The number of nitrogens with one attached hydrogen (secondary N) is 1. The third-order valence-corrected chi connectivity index (χ3v) is 5.30. The van der Waals surface area contributed by atoms with E-state index in [0.29, 0.717) is 17.0 Å². The number of carbonyl (C=O) groups excluding carboxylic acids is 4. The molecule has 0 radical (unpaired) electrons. The number of benzene rings is 1. The molecule has 0 spiro atoms. The van der Waals surface area contributed by atoms with E-state index in [1.165, 1.54) is 0 Å². The molecule has 1 aromatic rings. The van der Waals surface area contributed by atoms with Crippen molar-refractivity contribution in [2.75, 3.05) is 0 Å². The average Bonchev–Trinajstić information content (AvgIpc) is 3.17. The summed E-state index contributed by atoms with van der Waals surface area (Å²) in [5.41, 5.74) is 1.77. The summed E-state index contributed by atoms with van der Waals surface area (Å²) in [6.07, 6.45) is 4.64. The van der Waals surface area contributed by atoms with Gasteiger partial charge in [-0.15, -0.1) is 0 Å². The minimum absolute atomic E-state index is 0.138. The van der Waals surface area contributed by atoms with Crippen LogP contribution in [0.2, 0.25) is 0 Å². The van der Waals surface area contributed by atoms with Gasteiger partial charge in [-0.05, 0) is 36.8 Å². The number of rotatable bonds is 2. The van der Waals surface area contributed by atoms with Gasteiger partial charge in [-0.1, -0.05) is 25.0 Å². The van der Waals surface area contributed by atoms with Gasteiger partial charge in [0.1, 0.15) is 6.04 Å². The van der Waals surface area contributed by atoms with Crippen molar-refractivity contribution in [2.24, 2.45) is 0 Å². The molecule has 3 aliphatic rings. The van der Waals surface area contributed by atoms with E-state index in [1.54, 1.807) is 6.07 Å². The molecule has 1 N–H and O–H groups in total. The Balaban J connectivity index is 1.72. The van der Waals surface area contributed by atoms with E-state index < -0.39 is 23.8 Å². The smallest absolute Gasteiger partial charge is 0.262 e. The number of fused-ring (bicyclic) bond motifs is 1. The van der Waals surface area contributed by atoms with E-state index in [9.17, 15) is 19.2 Å². The molecule has 1 aromatic carbocycles. The topological polar surface area (TPSA) is 83.6 Å². The summed E-state index contributed by atoms with van der Waals surface area (Å²) < 4.78 is 0. The molecular formula is C18H18N2O4. The Hall–Kier alpha value is -2.50. The second-order valence-corrected chi connectivity index (χ2v) is 6.70. The SMILES string of the molecule is O=C1CCC(N2C(=O)c3cccc(C4CCCC4)c3C2=O)C(=O)N1. The first kappa shape index (κ1) is 15.1. The zero-order chi connectivity index (χ0) is 16.8. The van der Waals surface area contributed by atoms with Crippen molar-refractivity contribution in [1.82, 2.24) is 10.2 Å². The van der Waals surface area contributed by atoms with Crippen LogP contribution in [0.5, 0.6) is 0 Å². The van der Waals surface area contributed by atoms with Crippen LogP contribution in [0.15, 0.2) is 18.2 Å². The van der Waals surface area contributed by atoms with Crippen molar-refractivity contribution in [2.45, 2.75) is 50.5 Å². The fraction of sp³-hybridized carbons (Fsp3) is 0.444. The van der Waals surface area contributed by atoms with Gasteiger partial charge in [0.15, 0.2) is 0 Å². The van der Waals surface area contributed by atoms with Crippen LogP contribution in [-0.2, 0) is 9.59 Å². The summed E-state index contributed by atoms with van der Waals surface area (Å²) in [5.74, 6) is -1.45. The largest absolute Gasteiger partial charge is 0.295 e. The maximum Gasteiger partial charge on any atom is 0.262 e. The predicted molar refractivity (Wildman–Crippen MR) is 84.3 cm³/mol. The van der Waals surface area contributed by atoms with Gasteiger partial charge in [-0.25, -0.2) is 0 Å². The summed E-state index contributed by atoms with van der Waals surface area (Å²) in [5, 5.41) is 2.22. The highest BCUT2D eigenvalue weighted by atomic mass is 16.2. The van der Waals surface area contributed by atoms with Gasteiger partial charge in [0.05, 0.1) is 11.1 Å². The molecule has 124 valence electrons. The van der Waals surface area contributed by atoms with Gasteiger partial charge in [0, 0.05) is 6.42 Å². The summed E-state index contributed by atoms with van der Waals surface area (Å²) in [6.45, 7) is 0. The van der Waals surface area contributed by atoms with Crippen LogP contribution in [0.4, 0.5) is 0 Å². The Morgan fingerprint density at radius 2 is 1.71 bits per heavy atom. The quantitative estimate of drug-likeness (QED) is 0.839. The van der Waals surface area contributed by atoms with Crippen molar-refractivity contribution in [3.05, 3.63) is 34.9 Å². The number of amides is 4. The summed E-state index contributed by atoms with van der Waals surface area (Å²) >= 11 is 0. The third-order valence-electron chi connectivity index (χ3n) is 5.30. The second-order valence-electron chi connectivity index (χ2n) is 6.70. The summed E-state index contributed by atoms with van der Waals surface area (Å²) in [6, 6.07) is 4.49. The fourth-order valence-electron chi connectivity index (χ4n) is 4.12. The van der Waals surface area contributed by atoms with Gasteiger partial charge in [0.25, 0.3) is 11.8 Å². The van der Waals surface area contributed by atoms with E-state index in [0.717, 1.165) is 36.1 Å². The molecule has 2 aliphatic heterocycles. The van der Waals surface area contributed by atoms with E-state index in [4.69, 9.17) is 0 Å². The third kappa shape index (κ3) is 2.17. The predicted octanol–water partition coefficient (Wildman–Crippen LogP) is 1.75. The van der Waals surface area contributed by atoms with Gasteiger partial charge in [-0.2, -0.15) is 0 Å². The van der Waals surface area contributed by atoms with Gasteiger partial charge in [-0.3, -0.25) is 29.4 Å². The van der Waals surface area contributed by atoms with Crippen molar-refractivity contribution < 1.29 is 19.2 Å². The molecule has 1 saturated carbocycles. The zero-order valence-corrected chi connectivity index (χ0v) is 13.2. The zero-order valence-electron chi connectivity index (χ0n) is 13.2. The number of nitrogens with zero attached hydrogens (tertiary/aromatic N) is 1.